The van der Waals surface area contributed by atoms with Crippen LogP contribution < -0.4 is 0 Å². The molecule has 0 radical (unpaired) electrons. The van der Waals surface area contributed by atoms with Gasteiger partial charge in [0.1, 0.15) is 5.70 Å². The first kappa shape index (κ1) is 12.5. The first-order valence-electron chi connectivity index (χ1n) is 4.55. The molecule has 0 N–H and O–H groups in total. The quantitative estimate of drug-likeness (QED) is 0.602. The molecule has 0 unspecified atom stereocenters. The third-order valence-electron chi connectivity index (χ3n) is 1.47. The van der Waals surface area contributed by atoms with Crippen LogP contribution in [0.1, 0.15) is 33.6 Å². The third kappa shape index (κ3) is 3.07. The number of carbonyl (C=O) groups excluding carboxylic acids is 2. The fraction of sp³-hybridized carbons (Fsp3) is 0.500. The van der Waals surface area contributed by atoms with Crippen LogP contribution >= 0.6 is 0 Å². The minimum absolute atomic E-state index is 0.226. The number of allylic oxidation sites excluding steroid dienone is 1. The fourth-order valence-corrected chi connectivity index (χ4v) is 0.974. The summed E-state index contributed by atoms with van der Waals surface area (Å²) in [6.45, 7) is 8.63. The lowest BCUT2D eigenvalue weighted by molar-refractivity contribution is -0.184. The van der Waals surface area contributed by atoms with E-state index in [0.717, 1.165) is 5.06 Å². The van der Waals surface area contributed by atoms with E-state index in [-0.39, 0.29) is 5.91 Å². The largest absolute Gasteiger partial charge is 0.333 e. The van der Waals surface area contributed by atoms with Gasteiger partial charge in [0.05, 0.1) is 0 Å². The van der Waals surface area contributed by atoms with Crippen LogP contribution in [0.5, 0.6) is 0 Å². The van der Waals surface area contributed by atoms with Gasteiger partial charge in [-0.2, -0.15) is 0 Å². The van der Waals surface area contributed by atoms with E-state index < -0.39 is 5.97 Å². The molecule has 1 saturated heterocycles. The number of nitrogens with zero attached hydrogens (tertiary/aromatic N) is 1. The van der Waals surface area contributed by atoms with Gasteiger partial charge in [-0.3, -0.25) is 4.79 Å². The molecule has 1 aliphatic heterocycles. The lowest BCUT2D eigenvalue weighted by Crippen LogP contribution is -2.25. The summed E-state index contributed by atoms with van der Waals surface area (Å²) in [5, 5.41) is 0.954. The minimum Gasteiger partial charge on any atom is -0.333 e. The van der Waals surface area contributed by atoms with Crippen molar-refractivity contribution in [2.24, 2.45) is 0 Å². The number of hydrogen-bond acceptors (Lipinski definition) is 3. The van der Waals surface area contributed by atoms with Crippen molar-refractivity contribution >= 4 is 11.9 Å². The molecule has 0 bridgehead atoms. The number of amides is 1. The number of rotatable bonds is 1. The predicted octanol–water partition coefficient (Wildman–Crippen LogP) is 1.78. The Morgan fingerprint density at radius 1 is 1.50 bits per heavy atom. The van der Waals surface area contributed by atoms with Crippen molar-refractivity contribution in [1.29, 1.82) is 0 Å². The molecule has 78 valence electrons. The van der Waals surface area contributed by atoms with Crippen LogP contribution in [0.2, 0.25) is 0 Å². The first-order chi connectivity index (χ1) is 6.65. The topological polar surface area (TPSA) is 46.6 Å². The molecule has 0 aromatic carbocycles. The first-order valence-corrected chi connectivity index (χ1v) is 4.55. The molecule has 14 heavy (non-hydrogen) atoms. The normalized spacial score (nSPS) is 14.4. The molecule has 4 heteroatoms. The molecule has 0 spiro atoms. The highest BCUT2D eigenvalue weighted by molar-refractivity contribution is 5.81. The summed E-state index contributed by atoms with van der Waals surface area (Å²) in [6.07, 6.45) is 0.890. The Morgan fingerprint density at radius 2 is 2.07 bits per heavy atom. The summed E-state index contributed by atoms with van der Waals surface area (Å²) in [5.74, 6) is -0.741. The Balaban J connectivity index is 0.000000791. The monoisotopic (exact) mass is 197 g/mol. The van der Waals surface area contributed by atoms with Gasteiger partial charge in [0.2, 0.25) is 0 Å². The Hall–Kier alpha value is -1.54. The van der Waals surface area contributed by atoms with Gasteiger partial charge in [-0.15, -0.1) is 10.8 Å². The van der Waals surface area contributed by atoms with Gasteiger partial charge in [-0.25, -0.2) is 4.79 Å². The van der Waals surface area contributed by atoms with Gasteiger partial charge in [0.25, 0.3) is 5.91 Å². The van der Waals surface area contributed by atoms with Gasteiger partial charge in [-0.1, -0.05) is 20.4 Å². The van der Waals surface area contributed by atoms with Crippen LogP contribution in [-0.2, 0) is 14.4 Å². The zero-order valence-electron chi connectivity index (χ0n) is 8.79. The molecule has 0 aromatic heterocycles. The zero-order chi connectivity index (χ0) is 11.1. The summed E-state index contributed by atoms with van der Waals surface area (Å²) >= 11 is 0. The van der Waals surface area contributed by atoms with E-state index in [1.54, 1.807) is 0 Å². The Labute approximate surface area is 83.8 Å². The van der Waals surface area contributed by atoms with Crippen LogP contribution in [0.4, 0.5) is 0 Å². The second kappa shape index (κ2) is 6.00. The van der Waals surface area contributed by atoms with E-state index >= 15 is 0 Å². The lowest BCUT2D eigenvalue weighted by atomic mass is 10.3. The second-order valence-electron chi connectivity index (χ2n) is 2.39. The summed E-state index contributed by atoms with van der Waals surface area (Å²) in [6, 6.07) is 0. The van der Waals surface area contributed by atoms with Crippen molar-refractivity contribution in [2.45, 2.75) is 33.6 Å². The highest BCUT2D eigenvalue weighted by Gasteiger charge is 2.28. The molecule has 1 rings (SSSR count). The minimum atomic E-state index is -0.516. The molecule has 0 saturated carbocycles. The molecule has 1 amide bonds. The molecule has 0 aromatic rings. The van der Waals surface area contributed by atoms with Crippen molar-refractivity contribution in [3.05, 3.63) is 18.0 Å². The van der Waals surface area contributed by atoms with Crippen LogP contribution in [0.25, 0.3) is 0 Å². The van der Waals surface area contributed by atoms with Crippen molar-refractivity contribution in [3.63, 3.8) is 0 Å². The Morgan fingerprint density at radius 3 is 2.50 bits per heavy atom. The number of carbonyl (C=O) groups is 2. The van der Waals surface area contributed by atoms with E-state index in [4.69, 9.17) is 0 Å². The smallest absolute Gasteiger partial charge is 0.330 e. The molecular formula is C10H15NO3. The van der Waals surface area contributed by atoms with Gasteiger partial charge in [-0.05, 0) is 0 Å². The fourth-order valence-electron chi connectivity index (χ4n) is 0.974. The average Bonchev–Trinajstić information content (AvgIpc) is 2.51. The number of hydrogen-bond donors (Lipinski definition) is 0. The van der Waals surface area contributed by atoms with E-state index in [2.05, 4.69) is 17.1 Å². The van der Waals surface area contributed by atoms with Crippen LogP contribution in [0, 0.1) is 0 Å². The maximum absolute atomic E-state index is 11.0. The highest BCUT2D eigenvalue weighted by atomic mass is 16.7. The van der Waals surface area contributed by atoms with Crippen molar-refractivity contribution in [2.75, 3.05) is 0 Å². The third-order valence-corrected chi connectivity index (χ3v) is 1.47. The highest BCUT2D eigenvalue weighted by Crippen LogP contribution is 2.21. The molecule has 4 nitrogen and oxygen atoms in total. The molecule has 1 heterocycles. The van der Waals surface area contributed by atoms with Gasteiger partial charge in [0, 0.05) is 19.8 Å². The standard InChI is InChI=1S/C8H9NO3.C2H6/c1-3-7-4-5-8(11)9(7)12-6(2)10;1-2/h1,4-5H2,2H3;1-2H3. The van der Waals surface area contributed by atoms with E-state index in [0.29, 0.717) is 18.5 Å². The molecule has 1 fully saturated rings. The zero-order valence-corrected chi connectivity index (χ0v) is 8.79. The number of hydroxylamine groups is 2. The van der Waals surface area contributed by atoms with Crippen LogP contribution in [-0.4, -0.2) is 16.9 Å². The van der Waals surface area contributed by atoms with Gasteiger partial charge < -0.3 is 4.84 Å². The van der Waals surface area contributed by atoms with E-state index in [1.807, 2.05) is 13.8 Å². The molecule has 1 aliphatic rings. The summed E-state index contributed by atoms with van der Waals surface area (Å²) in [5.41, 5.74) is 3.07. The van der Waals surface area contributed by atoms with E-state index in [9.17, 15) is 9.59 Å². The maximum Gasteiger partial charge on any atom is 0.330 e. The predicted molar refractivity (Wildman–Crippen MR) is 51.8 cm³/mol. The Kier molecular flexibility index (Phi) is 5.34. The van der Waals surface area contributed by atoms with Crippen molar-refractivity contribution in [3.8, 4) is 0 Å². The van der Waals surface area contributed by atoms with Crippen molar-refractivity contribution in [1.82, 2.24) is 5.06 Å². The Bertz CT molecular complexity index is 277. The molecular weight excluding hydrogens is 182 g/mol. The molecule has 0 aliphatic carbocycles. The van der Waals surface area contributed by atoms with Gasteiger partial charge >= 0.3 is 5.97 Å². The lowest BCUT2D eigenvalue weighted by Gasteiger charge is -2.13. The molecule has 0 atom stereocenters. The summed E-state index contributed by atoms with van der Waals surface area (Å²) < 4.78 is 0. The van der Waals surface area contributed by atoms with E-state index in [1.165, 1.54) is 6.92 Å². The van der Waals surface area contributed by atoms with Crippen LogP contribution in [0.15, 0.2) is 18.0 Å². The summed E-state index contributed by atoms with van der Waals surface area (Å²) in [7, 11) is 0. The maximum atomic E-state index is 11.0. The summed E-state index contributed by atoms with van der Waals surface area (Å²) in [4.78, 5) is 26.2. The van der Waals surface area contributed by atoms with Gasteiger partial charge in [0.15, 0.2) is 0 Å². The van der Waals surface area contributed by atoms with Crippen molar-refractivity contribution < 1.29 is 14.4 Å². The van der Waals surface area contributed by atoms with Crippen LogP contribution in [0.3, 0.4) is 0 Å². The average molecular weight is 197 g/mol. The SMILES string of the molecule is C=C=C1CCC(=O)N1OC(C)=O.CC. The second-order valence-corrected chi connectivity index (χ2v) is 2.39.